The molecule has 124 valence electrons. The lowest BCUT2D eigenvalue weighted by atomic mass is 10.1. The zero-order valence-electron chi connectivity index (χ0n) is 13.9. The number of rotatable bonds is 8. The van der Waals surface area contributed by atoms with Crippen LogP contribution in [0.1, 0.15) is 31.4 Å². The number of benzene rings is 2. The van der Waals surface area contributed by atoms with Gasteiger partial charge in [0.05, 0.1) is 7.11 Å². The zero-order chi connectivity index (χ0) is 16.7. The minimum atomic E-state index is 0.413. The van der Waals surface area contributed by atoms with Crippen molar-refractivity contribution in [1.82, 2.24) is 5.32 Å². The van der Waals surface area contributed by atoms with E-state index >= 15 is 0 Å². The molecule has 0 radical (unpaired) electrons. The van der Waals surface area contributed by atoms with Gasteiger partial charge in [-0.1, -0.05) is 48.9 Å². The Morgan fingerprint density at radius 3 is 2.52 bits per heavy atom. The molecule has 0 aliphatic carbocycles. The monoisotopic (exact) mass is 333 g/mol. The summed E-state index contributed by atoms with van der Waals surface area (Å²) in [5.41, 5.74) is 2.04. The van der Waals surface area contributed by atoms with Crippen molar-refractivity contribution in [3.63, 3.8) is 0 Å². The molecule has 0 aliphatic heterocycles. The van der Waals surface area contributed by atoms with Gasteiger partial charge in [0.25, 0.3) is 0 Å². The van der Waals surface area contributed by atoms with E-state index in [1.165, 1.54) is 0 Å². The maximum absolute atomic E-state index is 6.20. The van der Waals surface area contributed by atoms with Gasteiger partial charge in [-0.3, -0.25) is 0 Å². The van der Waals surface area contributed by atoms with Crippen molar-refractivity contribution >= 4 is 11.6 Å². The van der Waals surface area contributed by atoms with Gasteiger partial charge in [-0.2, -0.15) is 0 Å². The van der Waals surface area contributed by atoms with Crippen molar-refractivity contribution in [3.8, 4) is 11.5 Å². The second kappa shape index (κ2) is 8.80. The van der Waals surface area contributed by atoms with E-state index in [-0.39, 0.29) is 0 Å². The summed E-state index contributed by atoms with van der Waals surface area (Å²) in [6, 6.07) is 14.1. The Morgan fingerprint density at radius 2 is 1.83 bits per heavy atom. The van der Waals surface area contributed by atoms with Crippen LogP contribution in [0, 0.1) is 0 Å². The first-order valence-corrected chi connectivity index (χ1v) is 8.29. The first-order valence-electron chi connectivity index (χ1n) is 7.91. The molecular weight excluding hydrogens is 310 g/mol. The molecule has 0 amide bonds. The van der Waals surface area contributed by atoms with Crippen molar-refractivity contribution in [3.05, 3.63) is 58.6 Å². The van der Waals surface area contributed by atoms with Crippen LogP contribution in [-0.4, -0.2) is 13.2 Å². The molecule has 1 N–H and O–H groups in total. The number of methoxy groups -OCH3 is 1. The zero-order valence-corrected chi connectivity index (χ0v) is 14.7. The van der Waals surface area contributed by atoms with Gasteiger partial charge in [-0.15, -0.1) is 0 Å². The van der Waals surface area contributed by atoms with E-state index in [2.05, 4.69) is 25.2 Å². The van der Waals surface area contributed by atoms with E-state index in [0.717, 1.165) is 35.6 Å². The van der Waals surface area contributed by atoms with Crippen LogP contribution >= 0.6 is 11.6 Å². The van der Waals surface area contributed by atoms with Gasteiger partial charge in [0.15, 0.2) is 11.5 Å². The van der Waals surface area contributed by atoms with Crippen molar-refractivity contribution in [2.75, 3.05) is 7.11 Å². The lowest BCUT2D eigenvalue weighted by Crippen LogP contribution is -2.24. The summed E-state index contributed by atoms with van der Waals surface area (Å²) in [4.78, 5) is 0. The summed E-state index contributed by atoms with van der Waals surface area (Å²) in [7, 11) is 1.66. The molecule has 3 nitrogen and oxygen atoms in total. The van der Waals surface area contributed by atoms with Crippen LogP contribution in [0.4, 0.5) is 0 Å². The maximum atomic E-state index is 6.20. The quantitative estimate of drug-likeness (QED) is 0.751. The maximum Gasteiger partial charge on any atom is 0.166 e. The molecule has 0 saturated heterocycles. The second-order valence-electron chi connectivity index (χ2n) is 5.52. The van der Waals surface area contributed by atoms with Crippen molar-refractivity contribution in [2.24, 2.45) is 0 Å². The largest absolute Gasteiger partial charge is 0.493 e. The topological polar surface area (TPSA) is 30.5 Å². The molecule has 0 bridgehead atoms. The standard InChI is InChI=1S/C19H24ClNO2/c1-4-14(2)21-12-15-9-7-11-18(22-3)19(15)23-13-16-8-5-6-10-17(16)20/h5-11,14,21H,4,12-13H2,1-3H3/t14-/m0/s1. The van der Waals surface area contributed by atoms with E-state index in [0.29, 0.717) is 17.7 Å². The predicted molar refractivity (Wildman–Crippen MR) is 95.4 cm³/mol. The molecule has 23 heavy (non-hydrogen) atoms. The van der Waals surface area contributed by atoms with Crippen LogP contribution in [0.5, 0.6) is 11.5 Å². The van der Waals surface area contributed by atoms with Gasteiger partial charge in [-0.25, -0.2) is 0 Å². The van der Waals surface area contributed by atoms with Gasteiger partial charge in [0.2, 0.25) is 0 Å². The molecule has 0 heterocycles. The molecule has 2 aromatic carbocycles. The first-order chi connectivity index (χ1) is 11.2. The van der Waals surface area contributed by atoms with E-state index in [1.807, 2.05) is 36.4 Å². The van der Waals surface area contributed by atoms with Crippen LogP contribution in [0.2, 0.25) is 5.02 Å². The van der Waals surface area contributed by atoms with E-state index in [1.54, 1.807) is 7.11 Å². The van der Waals surface area contributed by atoms with Gasteiger partial charge in [0.1, 0.15) is 6.61 Å². The number of halogens is 1. The minimum absolute atomic E-state index is 0.413. The third-order valence-electron chi connectivity index (χ3n) is 3.86. The third kappa shape index (κ3) is 4.88. The highest BCUT2D eigenvalue weighted by Crippen LogP contribution is 2.32. The molecule has 0 saturated carbocycles. The molecule has 2 rings (SSSR count). The fourth-order valence-corrected chi connectivity index (χ4v) is 2.41. The summed E-state index contributed by atoms with van der Waals surface area (Å²) in [6.07, 6.45) is 1.08. The van der Waals surface area contributed by atoms with Crippen LogP contribution in [-0.2, 0) is 13.2 Å². The summed E-state index contributed by atoms with van der Waals surface area (Å²) in [5.74, 6) is 1.51. The Hall–Kier alpha value is -1.71. The average Bonchev–Trinajstić information content (AvgIpc) is 2.59. The Kier molecular flexibility index (Phi) is 6.75. The Morgan fingerprint density at radius 1 is 1.09 bits per heavy atom. The number of para-hydroxylation sites is 1. The lowest BCUT2D eigenvalue weighted by molar-refractivity contribution is 0.280. The van der Waals surface area contributed by atoms with Crippen molar-refractivity contribution < 1.29 is 9.47 Å². The molecule has 0 aromatic heterocycles. The van der Waals surface area contributed by atoms with Crippen LogP contribution in [0.25, 0.3) is 0 Å². The molecule has 4 heteroatoms. The summed E-state index contributed by atoms with van der Waals surface area (Å²) >= 11 is 6.20. The molecule has 0 spiro atoms. The molecule has 0 aliphatic rings. The number of ether oxygens (including phenoxy) is 2. The highest BCUT2D eigenvalue weighted by atomic mass is 35.5. The van der Waals surface area contributed by atoms with E-state index < -0.39 is 0 Å². The average molecular weight is 334 g/mol. The first kappa shape index (κ1) is 17.6. The Labute approximate surface area is 143 Å². The minimum Gasteiger partial charge on any atom is -0.493 e. The molecule has 1 atom stereocenters. The van der Waals surface area contributed by atoms with Crippen LogP contribution in [0.15, 0.2) is 42.5 Å². The lowest BCUT2D eigenvalue weighted by Gasteiger charge is -2.17. The second-order valence-corrected chi connectivity index (χ2v) is 5.93. The van der Waals surface area contributed by atoms with Gasteiger partial charge in [-0.05, 0) is 25.5 Å². The summed E-state index contributed by atoms with van der Waals surface area (Å²) in [6.45, 7) is 5.49. The highest BCUT2D eigenvalue weighted by molar-refractivity contribution is 6.31. The molecule has 0 unspecified atom stereocenters. The fraction of sp³-hybridized carbons (Fsp3) is 0.368. The van der Waals surface area contributed by atoms with E-state index in [9.17, 15) is 0 Å². The Balaban J connectivity index is 2.16. The SMILES string of the molecule is CC[C@H](C)NCc1cccc(OC)c1OCc1ccccc1Cl. The molecule has 2 aromatic rings. The normalized spacial score (nSPS) is 12.0. The van der Waals surface area contributed by atoms with E-state index in [4.69, 9.17) is 21.1 Å². The predicted octanol–water partition coefficient (Wildman–Crippen LogP) is 4.82. The van der Waals surface area contributed by atoms with Gasteiger partial charge in [0, 0.05) is 28.7 Å². The Bertz CT molecular complexity index is 631. The molecule has 0 fully saturated rings. The fourth-order valence-electron chi connectivity index (χ4n) is 2.22. The number of nitrogens with one attached hydrogen (secondary N) is 1. The van der Waals surface area contributed by atoms with Crippen molar-refractivity contribution in [1.29, 1.82) is 0 Å². The van der Waals surface area contributed by atoms with Crippen LogP contribution in [0.3, 0.4) is 0 Å². The molecular formula is C19H24ClNO2. The number of hydrogen-bond acceptors (Lipinski definition) is 3. The van der Waals surface area contributed by atoms with Crippen LogP contribution < -0.4 is 14.8 Å². The van der Waals surface area contributed by atoms with Crippen molar-refractivity contribution in [2.45, 2.75) is 39.5 Å². The third-order valence-corrected chi connectivity index (χ3v) is 4.23. The van der Waals surface area contributed by atoms with Gasteiger partial charge < -0.3 is 14.8 Å². The smallest absolute Gasteiger partial charge is 0.166 e. The summed E-state index contributed by atoms with van der Waals surface area (Å²) < 4.78 is 11.5. The van der Waals surface area contributed by atoms with Gasteiger partial charge >= 0.3 is 0 Å². The number of hydrogen-bond donors (Lipinski definition) is 1. The highest BCUT2D eigenvalue weighted by Gasteiger charge is 2.12. The summed E-state index contributed by atoms with van der Waals surface area (Å²) in [5, 5.41) is 4.20.